The molecule has 6 aromatic rings. The summed E-state index contributed by atoms with van der Waals surface area (Å²) in [4.78, 5) is 0. The Hall–Kier alpha value is -5.62. The molecule has 1 aliphatic carbocycles. The Kier molecular flexibility index (Phi) is 18.0. The molecule has 0 heterocycles. The van der Waals surface area contributed by atoms with Gasteiger partial charge in [-0.1, -0.05) is 202 Å². The minimum Gasteiger partial charge on any atom is -0.507 e. The molecule has 0 amide bonds. The molecule has 6 heteroatoms. The minimum absolute atomic E-state index is 0.00822. The van der Waals surface area contributed by atoms with Gasteiger partial charge >= 0.3 is 0 Å². The number of ether oxygens (including phenoxy) is 2. The van der Waals surface area contributed by atoms with Crippen LogP contribution < -0.4 is 9.47 Å². The normalized spacial score (nSPS) is 16.1. The number of rotatable bonds is 14. The molecule has 2 N–H and O–H groups in total. The van der Waals surface area contributed by atoms with E-state index in [0.717, 1.165) is 60.8 Å². The average molecular weight is 1120 g/mol. The average Bonchev–Trinajstić information content (AvgIpc) is 3.28. The van der Waals surface area contributed by atoms with Crippen LogP contribution in [-0.2, 0) is 32.5 Å². The number of aromatic hydroxyl groups is 2. The lowest BCUT2D eigenvalue weighted by Gasteiger charge is -2.34. The predicted octanol–water partition coefficient (Wildman–Crippen LogP) is 21.9. The Labute approximate surface area is 494 Å². The summed E-state index contributed by atoms with van der Waals surface area (Å²) in [5.74, 6) is 0.517. The first-order chi connectivity index (χ1) is 37.5. The van der Waals surface area contributed by atoms with Crippen molar-refractivity contribution < 1.29 is 28.5 Å². The zero-order chi connectivity index (χ0) is 61.1. The number of hydrogen-bond donors (Lipinski definition) is 2. The second-order valence-corrected chi connectivity index (χ2v) is 32.4. The Balaban J connectivity index is 1.27. The summed E-state index contributed by atoms with van der Waals surface area (Å²) in [7, 11) is 0. The van der Waals surface area contributed by atoms with Gasteiger partial charge in [-0.2, -0.15) is 0 Å². The van der Waals surface area contributed by atoms with Crippen molar-refractivity contribution in [2.75, 3.05) is 13.2 Å². The third-order valence-corrected chi connectivity index (χ3v) is 17.1. The van der Waals surface area contributed by atoms with E-state index >= 15 is 8.78 Å². The third kappa shape index (κ3) is 15.4. The predicted molar refractivity (Wildman–Crippen MR) is 343 cm³/mol. The van der Waals surface area contributed by atoms with E-state index in [0.29, 0.717) is 58.1 Å². The second-order valence-electron chi connectivity index (χ2n) is 32.4. The number of hydrogen-bond acceptors (Lipinski definition) is 4. The Morgan fingerprint density at radius 3 is 0.939 bits per heavy atom. The fraction of sp³-hybridized carbons (Fsp3) is 0.526. The van der Waals surface area contributed by atoms with Gasteiger partial charge in [0.05, 0.1) is 13.2 Å². The van der Waals surface area contributed by atoms with Gasteiger partial charge in [0.25, 0.3) is 0 Å². The number of benzene rings is 6. The van der Waals surface area contributed by atoms with Crippen molar-refractivity contribution in [2.24, 2.45) is 22.7 Å². The summed E-state index contributed by atoms with van der Waals surface area (Å²) in [5, 5.41) is 25.4. The van der Waals surface area contributed by atoms with Gasteiger partial charge in [0.15, 0.2) is 0 Å². The highest BCUT2D eigenvalue weighted by Gasteiger charge is 2.34. The Morgan fingerprint density at radius 1 is 0.366 bits per heavy atom. The zero-order valence-corrected chi connectivity index (χ0v) is 54.5. The maximum atomic E-state index is 15.8. The topological polar surface area (TPSA) is 58.9 Å². The van der Waals surface area contributed by atoms with Crippen molar-refractivity contribution in [2.45, 2.75) is 223 Å². The summed E-state index contributed by atoms with van der Waals surface area (Å²) < 4.78 is 45.4. The van der Waals surface area contributed by atoms with Crippen molar-refractivity contribution in [3.05, 3.63) is 142 Å². The van der Waals surface area contributed by atoms with Gasteiger partial charge in [-0.15, -0.1) is 0 Å². The first-order valence-electron chi connectivity index (χ1n) is 30.4. The minimum atomic E-state index is -0.416. The highest BCUT2D eigenvalue weighted by atomic mass is 19.1. The molecule has 0 aliphatic heterocycles. The summed E-state index contributed by atoms with van der Waals surface area (Å²) in [6, 6.07) is 31.1. The molecule has 0 bridgehead atoms. The number of phenolic OH excluding ortho intramolecular Hbond substituents is 2. The molecular formula is C76H102F2O4. The quantitative estimate of drug-likeness (QED) is 0.114. The molecule has 1 fully saturated rings. The summed E-state index contributed by atoms with van der Waals surface area (Å²) >= 11 is 0. The van der Waals surface area contributed by atoms with Crippen LogP contribution in [-0.4, -0.2) is 23.4 Å². The lowest BCUT2D eigenvalue weighted by molar-refractivity contribution is 0.105. The SMILES string of the molecule is CC(C)(C)CC(C)(C)c1cc(-c2cc(C(C)(C)C)cc(C(C)(C)C)c2)c(O)c(-c2cc(F)ccc2OCC2CCCCC2COc2ccc(F)cc2-c2cc(C(C)(C)CC(C)(C)C)cc(-c3cc(C(C)(C)C)cc(C(C)(C)C)c3)c2O)c1. The summed E-state index contributed by atoms with van der Waals surface area (Å²) in [6.07, 6.45) is 5.64. The van der Waals surface area contributed by atoms with Gasteiger partial charge in [0.1, 0.15) is 34.6 Å². The van der Waals surface area contributed by atoms with Crippen LogP contribution in [0.3, 0.4) is 0 Å². The molecular weight excluding hydrogens is 1010 g/mol. The van der Waals surface area contributed by atoms with Crippen LogP contribution in [0.15, 0.2) is 97.1 Å². The number of phenols is 2. The van der Waals surface area contributed by atoms with Gasteiger partial charge in [0.2, 0.25) is 0 Å². The third-order valence-electron chi connectivity index (χ3n) is 17.1. The monoisotopic (exact) mass is 1120 g/mol. The first-order valence-corrected chi connectivity index (χ1v) is 30.4. The summed E-state index contributed by atoms with van der Waals surface area (Å²) in [5.41, 5.74) is 10.9. The largest absolute Gasteiger partial charge is 0.507 e. The molecule has 1 saturated carbocycles. The van der Waals surface area contributed by atoms with Crippen molar-refractivity contribution in [3.8, 4) is 67.5 Å². The van der Waals surface area contributed by atoms with E-state index in [4.69, 9.17) is 9.47 Å². The van der Waals surface area contributed by atoms with Crippen LogP contribution in [0.2, 0.25) is 0 Å². The van der Waals surface area contributed by atoms with E-state index in [1.54, 1.807) is 12.1 Å². The molecule has 0 aromatic heterocycles. The van der Waals surface area contributed by atoms with E-state index in [1.165, 1.54) is 46.5 Å². The van der Waals surface area contributed by atoms with Gasteiger partial charge in [-0.05, 0) is 186 Å². The van der Waals surface area contributed by atoms with E-state index in [9.17, 15) is 10.2 Å². The molecule has 0 radical (unpaired) electrons. The van der Waals surface area contributed by atoms with Crippen molar-refractivity contribution >= 4 is 0 Å². The van der Waals surface area contributed by atoms with E-state index in [1.807, 2.05) is 0 Å². The fourth-order valence-corrected chi connectivity index (χ4v) is 12.8. The molecule has 2 unspecified atom stereocenters. The van der Waals surface area contributed by atoms with Gasteiger partial charge < -0.3 is 19.7 Å². The van der Waals surface area contributed by atoms with Crippen LogP contribution >= 0.6 is 0 Å². The van der Waals surface area contributed by atoms with Crippen LogP contribution in [0, 0.1) is 34.3 Å². The van der Waals surface area contributed by atoms with Gasteiger partial charge in [-0.25, -0.2) is 8.78 Å². The molecule has 1 aliphatic rings. The standard InChI is InChI=1S/C76H102F2O4/c1-69(2,3)45-75(19,20)55-37-59(49-31-51(71(7,8)9)35-52(32-49)72(10,11)12)67(79)63(39-55)61-41-57(77)27-29-65(61)81-43-47-25-23-24-26-48(47)44-82-66-30-28-58(78)42-62(66)64-40-56(76(21,22)46-70(4,5)6)38-60(68(64)80)50-33-53(73(13,14)15)36-54(34-50)74(16,17)18/h27-42,47-48,79-80H,23-26,43-46H2,1-22H3. The van der Waals surface area contributed by atoms with Crippen molar-refractivity contribution in [3.63, 3.8) is 0 Å². The Bertz CT molecular complexity index is 2970. The molecule has 82 heavy (non-hydrogen) atoms. The van der Waals surface area contributed by atoms with Crippen LogP contribution in [0.1, 0.15) is 224 Å². The number of halogens is 2. The van der Waals surface area contributed by atoms with Gasteiger partial charge in [0, 0.05) is 33.4 Å². The van der Waals surface area contributed by atoms with E-state index in [-0.39, 0.29) is 66.7 Å². The highest BCUT2D eigenvalue weighted by Crippen LogP contribution is 2.51. The van der Waals surface area contributed by atoms with Gasteiger partial charge in [-0.3, -0.25) is 0 Å². The first kappa shape index (κ1) is 64.0. The maximum Gasteiger partial charge on any atom is 0.131 e. The molecule has 444 valence electrons. The van der Waals surface area contributed by atoms with E-state index < -0.39 is 11.6 Å². The van der Waals surface area contributed by atoms with Crippen molar-refractivity contribution in [1.82, 2.24) is 0 Å². The van der Waals surface area contributed by atoms with Crippen LogP contribution in [0.4, 0.5) is 8.78 Å². The fourth-order valence-electron chi connectivity index (χ4n) is 12.8. The van der Waals surface area contributed by atoms with Crippen LogP contribution in [0.5, 0.6) is 23.0 Å². The Morgan fingerprint density at radius 2 is 0.659 bits per heavy atom. The van der Waals surface area contributed by atoms with E-state index in [2.05, 4.69) is 213 Å². The molecule has 4 nitrogen and oxygen atoms in total. The molecule has 0 spiro atoms. The van der Waals surface area contributed by atoms with Crippen LogP contribution in [0.25, 0.3) is 44.5 Å². The lowest BCUT2D eigenvalue weighted by atomic mass is 9.71. The molecule has 2 atom stereocenters. The van der Waals surface area contributed by atoms with Crippen molar-refractivity contribution in [1.29, 1.82) is 0 Å². The molecule has 6 aromatic carbocycles. The smallest absolute Gasteiger partial charge is 0.131 e. The zero-order valence-electron chi connectivity index (χ0n) is 54.5. The second kappa shape index (κ2) is 23.1. The lowest BCUT2D eigenvalue weighted by Crippen LogP contribution is -2.30. The molecule has 0 saturated heterocycles. The highest BCUT2D eigenvalue weighted by molar-refractivity contribution is 5.87. The molecule has 7 rings (SSSR count). The maximum absolute atomic E-state index is 15.8. The summed E-state index contributed by atoms with van der Waals surface area (Å²) in [6.45, 7) is 49.9.